The lowest BCUT2D eigenvalue weighted by molar-refractivity contribution is -0.121. The second-order valence-corrected chi connectivity index (χ2v) is 5.67. The predicted octanol–water partition coefficient (Wildman–Crippen LogP) is 3.46. The summed E-state index contributed by atoms with van der Waals surface area (Å²) in [6.45, 7) is 3.97. The van der Waals surface area contributed by atoms with Crippen molar-refractivity contribution in [3.8, 4) is 0 Å². The summed E-state index contributed by atoms with van der Waals surface area (Å²) in [4.78, 5) is 23.1. The van der Waals surface area contributed by atoms with Crippen LogP contribution in [0.5, 0.6) is 0 Å². The van der Waals surface area contributed by atoms with Crippen molar-refractivity contribution in [2.24, 2.45) is 0 Å². The zero-order valence-electron chi connectivity index (χ0n) is 13.5. The van der Waals surface area contributed by atoms with Gasteiger partial charge in [0.1, 0.15) is 0 Å². The maximum absolute atomic E-state index is 12.1. The van der Waals surface area contributed by atoms with Gasteiger partial charge in [0.15, 0.2) is 0 Å². The molecule has 120 valence electrons. The number of carbonyl (C=O) groups excluding carboxylic acids is 2. The summed E-state index contributed by atoms with van der Waals surface area (Å²) < 4.78 is 0. The van der Waals surface area contributed by atoms with E-state index in [-0.39, 0.29) is 17.7 Å². The van der Waals surface area contributed by atoms with E-state index >= 15 is 0 Å². The van der Waals surface area contributed by atoms with Crippen LogP contribution in [0.15, 0.2) is 54.6 Å². The Labute approximate surface area is 136 Å². The molecule has 1 unspecified atom stereocenters. The topological polar surface area (TPSA) is 58.2 Å². The van der Waals surface area contributed by atoms with E-state index in [1.54, 1.807) is 0 Å². The summed E-state index contributed by atoms with van der Waals surface area (Å²) in [6.07, 6.45) is 0.454. The summed E-state index contributed by atoms with van der Waals surface area (Å²) in [5.41, 5.74) is 2.86. The second kappa shape index (κ2) is 8.13. The van der Waals surface area contributed by atoms with Crippen molar-refractivity contribution in [1.82, 2.24) is 5.32 Å². The average Bonchev–Trinajstić information content (AvgIpc) is 2.53. The fourth-order valence-electron chi connectivity index (χ4n) is 2.41. The number of carbonyl (C=O) groups is 2. The third-order valence-corrected chi connectivity index (χ3v) is 3.60. The molecule has 0 aromatic heterocycles. The van der Waals surface area contributed by atoms with E-state index in [9.17, 15) is 9.59 Å². The van der Waals surface area contributed by atoms with E-state index in [2.05, 4.69) is 10.6 Å². The van der Waals surface area contributed by atoms with Gasteiger partial charge in [-0.15, -0.1) is 0 Å². The van der Waals surface area contributed by atoms with Crippen molar-refractivity contribution < 1.29 is 9.59 Å². The Bertz CT molecular complexity index is 668. The van der Waals surface area contributed by atoms with E-state index in [1.165, 1.54) is 6.92 Å². The fourth-order valence-corrected chi connectivity index (χ4v) is 2.41. The van der Waals surface area contributed by atoms with E-state index in [1.807, 2.05) is 61.5 Å². The molecular formula is C19H22N2O2. The molecule has 0 saturated heterocycles. The smallest absolute Gasteiger partial charge is 0.221 e. The van der Waals surface area contributed by atoms with Crippen LogP contribution in [0.4, 0.5) is 5.69 Å². The van der Waals surface area contributed by atoms with E-state index in [0.29, 0.717) is 13.0 Å². The summed E-state index contributed by atoms with van der Waals surface area (Å²) in [6, 6.07) is 17.5. The minimum absolute atomic E-state index is 0.0197. The molecule has 2 N–H and O–H groups in total. The Kier molecular flexibility index (Phi) is 5.92. The molecule has 4 nitrogen and oxygen atoms in total. The molecule has 0 fully saturated rings. The summed E-state index contributed by atoms with van der Waals surface area (Å²) in [5.74, 6) is 0.0936. The van der Waals surface area contributed by atoms with Crippen molar-refractivity contribution in [2.45, 2.75) is 32.7 Å². The first-order valence-corrected chi connectivity index (χ1v) is 7.73. The van der Waals surface area contributed by atoms with Gasteiger partial charge in [-0.05, 0) is 29.2 Å². The van der Waals surface area contributed by atoms with Gasteiger partial charge in [0.05, 0.1) is 0 Å². The van der Waals surface area contributed by atoms with Crippen molar-refractivity contribution in [3.63, 3.8) is 0 Å². The molecule has 0 heterocycles. The molecule has 0 aliphatic rings. The number of hydrogen-bond donors (Lipinski definition) is 2. The van der Waals surface area contributed by atoms with Crippen LogP contribution < -0.4 is 10.6 Å². The number of rotatable bonds is 6. The van der Waals surface area contributed by atoms with Gasteiger partial charge in [0.25, 0.3) is 0 Å². The monoisotopic (exact) mass is 310 g/mol. The quantitative estimate of drug-likeness (QED) is 0.858. The van der Waals surface area contributed by atoms with Crippen LogP contribution in [0.2, 0.25) is 0 Å². The average molecular weight is 310 g/mol. The van der Waals surface area contributed by atoms with Gasteiger partial charge < -0.3 is 10.6 Å². The van der Waals surface area contributed by atoms with Gasteiger partial charge in [-0.25, -0.2) is 0 Å². The lowest BCUT2D eigenvalue weighted by Crippen LogP contribution is -2.24. The summed E-state index contributed by atoms with van der Waals surface area (Å²) >= 11 is 0. The number of anilines is 1. The maximum Gasteiger partial charge on any atom is 0.221 e. The normalized spacial score (nSPS) is 11.6. The first-order valence-electron chi connectivity index (χ1n) is 7.73. The molecule has 2 amide bonds. The van der Waals surface area contributed by atoms with Crippen LogP contribution in [0.25, 0.3) is 0 Å². The fraction of sp³-hybridized carbons (Fsp3) is 0.263. The zero-order valence-corrected chi connectivity index (χ0v) is 13.5. The molecule has 0 aliphatic carbocycles. The summed E-state index contributed by atoms with van der Waals surface area (Å²) in [5, 5.41) is 5.66. The Morgan fingerprint density at radius 3 is 2.48 bits per heavy atom. The Hall–Kier alpha value is -2.62. The molecule has 0 bridgehead atoms. The molecule has 4 heteroatoms. The van der Waals surface area contributed by atoms with Crippen LogP contribution in [0, 0.1) is 0 Å². The molecular weight excluding hydrogens is 288 g/mol. The van der Waals surface area contributed by atoms with Crippen molar-refractivity contribution >= 4 is 17.5 Å². The first-order chi connectivity index (χ1) is 11.0. The van der Waals surface area contributed by atoms with Gasteiger partial charge in [-0.1, -0.05) is 49.4 Å². The van der Waals surface area contributed by atoms with Gasteiger partial charge in [-0.3, -0.25) is 9.59 Å². The van der Waals surface area contributed by atoms with Crippen molar-refractivity contribution in [1.29, 1.82) is 0 Å². The van der Waals surface area contributed by atoms with Gasteiger partial charge in [-0.2, -0.15) is 0 Å². The SMILES string of the molecule is CC(=O)Nc1cccc(CNC(=O)CC(C)c2ccccc2)c1. The molecule has 0 radical (unpaired) electrons. The molecule has 1 atom stereocenters. The predicted molar refractivity (Wildman–Crippen MR) is 92.1 cm³/mol. The van der Waals surface area contributed by atoms with Crippen LogP contribution in [-0.2, 0) is 16.1 Å². The molecule has 2 rings (SSSR count). The van der Waals surface area contributed by atoms with Crippen molar-refractivity contribution in [3.05, 3.63) is 65.7 Å². The van der Waals surface area contributed by atoms with E-state index in [0.717, 1.165) is 16.8 Å². The molecule has 0 saturated carbocycles. The van der Waals surface area contributed by atoms with Crippen LogP contribution in [0.3, 0.4) is 0 Å². The summed E-state index contributed by atoms with van der Waals surface area (Å²) in [7, 11) is 0. The van der Waals surface area contributed by atoms with Gasteiger partial charge >= 0.3 is 0 Å². The minimum Gasteiger partial charge on any atom is -0.352 e. The highest BCUT2D eigenvalue weighted by molar-refractivity contribution is 5.88. The number of nitrogens with one attached hydrogen (secondary N) is 2. The molecule has 23 heavy (non-hydrogen) atoms. The Morgan fingerprint density at radius 1 is 1.04 bits per heavy atom. The molecule has 0 spiro atoms. The lowest BCUT2D eigenvalue weighted by Gasteiger charge is -2.12. The Balaban J connectivity index is 1.86. The largest absolute Gasteiger partial charge is 0.352 e. The molecule has 2 aromatic rings. The minimum atomic E-state index is -0.108. The van der Waals surface area contributed by atoms with Gasteiger partial charge in [0, 0.05) is 25.6 Å². The van der Waals surface area contributed by atoms with E-state index in [4.69, 9.17) is 0 Å². The molecule has 2 aromatic carbocycles. The molecule has 0 aliphatic heterocycles. The van der Waals surface area contributed by atoms with Gasteiger partial charge in [0.2, 0.25) is 11.8 Å². The number of benzene rings is 2. The Morgan fingerprint density at radius 2 is 1.78 bits per heavy atom. The highest BCUT2D eigenvalue weighted by Crippen LogP contribution is 2.18. The highest BCUT2D eigenvalue weighted by Gasteiger charge is 2.10. The zero-order chi connectivity index (χ0) is 16.7. The number of hydrogen-bond acceptors (Lipinski definition) is 2. The first kappa shape index (κ1) is 16.7. The third-order valence-electron chi connectivity index (χ3n) is 3.60. The van der Waals surface area contributed by atoms with Crippen LogP contribution in [-0.4, -0.2) is 11.8 Å². The van der Waals surface area contributed by atoms with Crippen LogP contribution in [0.1, 0.15) is 37.3 Å². The standard InChI is InChI=1S/C19H22N2O2/c1-14(17-8-4-3-5-9-17)11-19(23)20-13-16-7-6-10-18(12-16)21-15(2)22/h3-10,12,14H,11,13H2,1-2H3,(H,20,23)(H,21,22). The third kappa shape index (κ3) is 5.58. The second-order valence-electron chi connectivity index (χ2n) is 5.67. The van der Waals surface area contributed by atoms with Crippen molar-refractivity contribution in [2.75, 3.05) is 5.32 Å². The lowest BCUT2D eigenvalue weighted by atomic mass is 9.97. The van der Waals surface area contributed by atoms with E-state index < -0.39 is 0 Å². The van der Waals surface area contributed by atoms with Crippen LogP contribution >= 0.6 is 0 Å². The maximum atomic E-state index is 12.1. The number of amides is 2. The highest BCUT2D eigenvalue weighted by atomic mass is 16.2.